The summed E-state index contributed by atoms with van der Waals surface area (Å²) in [5.74, 6) is 0.728. The Hall–Kier alpha value is -4.11. The van der Waals surface area contributed by atoms with Crippen molar-refractivity contribution in [3.63, 3.8) is 0 Å². The molecular formula is C25H25N7O2. The fourth-order valence-corrected chi connectivity index (χ4v) is 4.73. The third-order valence-corrected chi connectivity index (χ3v) is 6.63. The van der Waals surface area contributed by atoms with Crippen molar-refractivity contribution in [2.24, 2.45) is 0 Å². The van der Waals surface area contributed by atoms with Crippen LogP contribution >= 0.6 is 0 Å². The number of phenolic OH excluding ortho intramolecular Hbond substituents is 1. The summed E-state index contributed by atoms with van der Waals surface area (Å²) in [7, 11) is 2.14. The van der Waals surface area contributed by atoms with Crippen LogP contribution in [0.15, 0.2) is 48.9 Å². The third kappa shape index (κ3) is 3.50. The molecule has 4 aromatic rings. The molecule has 4 N–H and O–H groups in total. The monoisotopic (exact) mass is 455 g/mol. The van der Waals surface area contributed by atoms with Crippen LogP contribution in [0.3, 0.4) is 0 Å². The Bertz CT molecular complexity index is 1390. The molecule has 0 aliphatic carbocycles. The molecule has 0 bridgehead atoms. The van der Waals surface area contributed by atoms with Gasteiger partial charge in [-0.05, 0) is 31.3 Å². The lowest BCUT2D eigenvalue weighted by Crippen LogP contribution is -2.44. The lowest BCUT2D eigenvalue weighted by Gasteiger charge is -2.33. The van der Waals surface area contributed by atoms with Crippen LogP contribution in [-0.4, -0.2) is 64.1 Å². The smallest absolute Gasteiger partial charge is 0.254 e. The minimum absolute atomic E-state index is 0.132. The highest BCUT2D eigenvalue weighted by Gasteiger charge is 2.28. The number of pyridine rings is 2. The number of piperazine rings is 1. The summed E-state index contributed by atoms with van der Waals surface area (Å²) >= 11 is 0. The van der Waals surface area contributed by atoms with Crippen LogP contribution in [0.4, 0.5) is 17.2 Å². The Morgan fingerprint density at radius 1 is 1.06 bits per heavy atom. The molecule has 1 fully saturated rings. The lowest BCUT2D eigenvalue weighted by atomic mass is 10.0. The first-order valence-electron chi connectivity index (χ1n) is 11.3. The summed E-state index contributed by atoms with van der Waals surface area (Å²) in [6, 6.07) is 9.18. The number of fused-ring (bicyclic) bond motifs is 2. The van der Waals surface area contributed by atoms with E-state index >= 15 is 0 Å². The molecule has 3 aromatic heterocycles. The summed E-state index contributed by atoms with van der Waals surface area (Å²) in [5.41, 5.74) is 5.61. The van der Waals surface area contributed by atoms with Gasteiger partial charge in [0.1, 0.15) is 11.6 Å². The van der Waals surface area contributed by atoms with Crippen molar-refractivity contribution >= 4 is 34.0 Å². The number of hydrogen-bond acceptors (Lipinski definition) is 7. The quantitative estimate of drug-likeness (QED) is 0.374. The van der Waals surface area contributed by atoms with E-state index in [9.17, 15) is 9.90 Å². The minimum Gasteiger partial charge on any atom is -0.508 e. The number of aromatic amines is 1. The van der Waals surface area contributed by atoms with Crippen LogP contribution in [0.2, 0.25) is 0 Å². The van der Waals surface area contributed by atoms with Crippen molar-refractivity contribution in [2.75, 3.05) is 43.4 Å². The summed E-state index contributed by atoms with van der Waals surface area (Å²) in [5, 5.41) is 16.9. The summed E-state index contributed by atoms with van der Waals surface area (Å²) in [4.78, 5) is 29.9. The van der Waals surface area contributed by atoms with Gasteiger partial charge in [0.2, 0.25) is 0 Å². The predicted octanol–water partition coefficient (Wildman–Crippen LogP) is 3.07. The summed E-state index contributed by atoms with van der Waals surface area (Å²) in [6.45, 7) is 4.45. The predicted molar refractivity (Wildman–Crippen MR) is 132 cm³/mol. The maximum Gasteiger partial charge on any atom is 0.254 e. The Labute approximate surface area is 196 Å². The minimum atomic E-state index is -0.132. The van der Waals surface area contributed by atoms with E-state index < -0.39 is 0 Å². The molecule has 0 spiro atoms. The molecule has 0 saturated carbocycles. The number of hydrogen-bond donors (Lipinski definition) is 4. The number of aromatic nitrogens is 3. The highest BCUT2D eigenvalue weighted by atomic mass is 16.3. The van der Waals surface area contributed by atoms with Crippen LogP contribution < -0.4 is 15.5 Å². The van der Waals surface area contributed by atoms with Crippen LogP contribution in [-0.2, 0) is 6.54 Å². The first-order chi connectivity index (χ1) is 16.6. The highest BCUT2D eigenvalue weighted by molar-refractivity contribution is 6.07. The van der Waals surface area contributed by atoms with Crippen molar-refractivity contribution in [1.29, 1.82) is 0 Å². The van der Waals surface area contributed by atoms with Gasteiger partial charge in [0, 0.05) is 67.0 Å². The van der Waals surface area contributed by atoms with Crippen LogP contribution in [0.25, 0.3) is 22.2 Å². The number of nitrogens with one attached hydrogen (secondary N) is 3. The fraction of sp³-hybridized carbons (Fsp3) is 0.240. The van der Waals surface area contributed by atoms with Crippen molar-refractivity contribution in [3.8, 4) is 17.0 Å². The first kappa shape index (κ1) is 20.5. The molecule has 0 radical (unpaired) electrons. The highest BCUT2D eigenvalue weighted by Crippen LogP contribution is 2.37. The molecule has 1 saturated heterocycles. The van der Waals surface area contributed by atoms with Crippen molar-refractivity contribution in [1.82, 2.24) is 25.2 Å². The molecule has 1 aromatic carbocycles. The second-order valence-electron chi connectivity index (χ2n) is 8.81. The fourth-order valence-electron chi connectivity index (χ4n) is 4.73. The van der Waals surface area contributed by atoms with E-state index in [0.29, 0.717) is 23.6 Å². The van der Waals surface area contributed by atoms with Crippen molar-refractivity contribution in [2.45, 2.75) is 6.54 Å². The standard InChI is InChI=1S/C25H25N7O2/c1-31-6-8-32(9-7-31)15-2-5-22(27-11-15)30-21-14-28-24(19-13-29-25(34)23(19)21)18-12-26-20-10-16(33)3-4-17(18)20/h2-5,10-12,14,26,33H,6-9,13H2,1H3,(H,27,30)(H,29,34). The van der Waals surface area contributed by atoms with Gasteiger partial charge in [0.15, 0.2) is 0 Å². The number of likely N-dealkylation sites (N-methyl/N-ethyl adjacent to an activating group) is 1. The van der Waals surface area contributed by atoms with Gasteiger partial charge < -0.3 is 30.5 Å². The van der Waals surface area contributed by atoms with E-state index in [1.807, 2.05) is 24.5 Å². The number of phenols is 1. The number of rotatable bonds is 4. The summed E-state index contributed by atoms with van der Waals surface area (Å²) < 4.78 is 0. The Kier molecular flexibility index (Phi) is 4.84. The zero-order valence-corrected chi connectivity index (χ0v) is 18.8. The molecule has 34 heavy (non-hydrogen) atoms. The molecule has 6 rings (SSSR count). The van der Waals surface area contributed by atoms with E-state index in [-0.39, 0.29) is 11.7 Å². The van der Waals surface area contributed by atoms with Gasteiger partial charge in [-0.2, -0.15) is 0 Å². The van der Waals surface area contributed by atoms with Crippen LogP contribution in [0.5, 0.6) is 5.75 Å². The van der Waals surface area contributed by atoms with E-state index in [2.05, 4.69) is 43.5 Å². The number of carbonyl (C=O) groups is 1. The molecule has 9 nitrogen and oxygen atoms in total. The van der Waals surface area contributed by atoms with Gasteiger partial charge in [-0.25, -0.2) is 4.98 Å². The lowest BCUT2D eigenvalue weighted by molar-refractivity contribution is 0.0966. The SMILES string of the molecule is CN1CCN(c2ccc(Nc3cnc(-c4c[nH]c5cc(O)ccc45)c4c3C(=O)NC4)nc2)CC1. The zero-order valence-electron chi connectivity index (χ0n) is 18.8. The number of amides is 1. The van der Waals surface area contributed by atoms with E-state index in [0.717, 1.165) is 59.6 Å². The maximum absolute atomic E-state index is 12.7. The van der Waals surface area contributed by atoms with Gasteiger partial charge in [-0.1, -0.05) is 0 Å². The third-order valence-electron chi connectivity index (χ3n) is 6.63. The molecular weight excluding hydrogens is 430 g/mol. The van der Waals surface area contributed by atoms with Gasteiger partial charge in [0.05, 0.1) is 35.0 Å². The molecule has 9 heteroatoms. The molecule has 0 atom stereocenters. The number of carbonyl (C=O) groups excluding carboxylic acids is 1. The van der Waals surface area contributed by atoms with Crippen LogP contribution in [0, 0.1) is 0 Å². The topological polar surface area (TPSA) is 109 Å². The zero-order chi connectivity index (χ0) is 23.2. The van der Waals surface area contributed by atoms with E-state index in [1.165, 1.54) is 0 Å². The van der Waals surface area contributed by atoms with E-state index in [4.69, 9.17) is 4.98 Å². The normalized spacial score (nSPS) is 16.0. The van der Waals surface area contributed by atoms with Gasteiger partial charge >= 0.3 is 0 Å². The molecule has 2 aliphatic rings. The van der Waals surface area contributed by atoms with Gasteiger partial charge in [0.25, 0.3) is 5.91 Å². The summed E-state index contributed by atoms with van der Waals surface area (Å²) in [6.07, 6.45) is 5.42. The second kappa shape index (κ2) is 8.03. The Morgan fingerprint density at radius 2 is 1.91 bits per heavy atom. The number of benzene rings is 1. The molecule has 1 amide bonds. The number of anilines is 3. The van der Waals surface area contributed by atoms with Gasteiger partial charge in [-0.15, -0.1) is 0 Å². The largest absolute Gasteiger partial charge is 0.508 e. The molecule has 172 valence electrons. The second-order valence-corrected chi connectivity index (χ2v) is 8.81. The molecule has 0 unspecified atom stereocenters. The maximum atomic E-state index is 12.7. The molecule has 5 heterocycles. The van der Waals surface area contributed by atoms with Crippen LogP contribution in [0.1, 0.15) is 15.9 Å². The van der Waals surface area contributed by atoms with Crippen molar-refractivity contribution in [3.05, 3.63) is 60.0 Å². The average Bonchev–Trinajstić information content (AvgIpc) is 3.44. The first-order valence-corrected chi connectivity index (χ1v) is 11.3. The number of H-pyrrole nitrogens is 1. The Balaban J connectivity index is 1.31. The number of nitrogens with zero attached hydrogens (tertiary/aromatic N) is 4. The van der Waals surface area contributed by atoms with Crippen molar-refractivity contribution < 1.29 is 9.90 Å². The number of aromatic hydroxyl groups is 1. The average molecular weight is 456 g/mol. The molecule has 2 aliphatic heterocycles. The Morgan fingerprint density at radius 3 is 2.71 bits per heavy atom. The van der Waals surface area contributed by atoms with E-state index in [1.54, 1.807) is 18.3 Å². The van der Waals surface area contributed by atoms with Gasteiger partial charge in [-0.3, -0.25) is 9.78 Å².